The Morgan fingerprint density at radius 3 is 3.14 bits per heavy atom. The van der Waals surface area contributed by atoms with E-state index < -0.39 is 6.17 Å². The fraction of sp³-hybridized carbons (Fsp3) is 0.476. The fourth-order valence-electron chi connectivity index (χ4n) is 4.19. The molecule has 1 amide bonds. The van der Waals surface area contributed by atoms with Crippen LogP contribution in [0.15, 0.2) is 41.5 Å². The van der Waals surface area contributed by atoms with Gasteiger partial charge in [0.25, 0.3) is 0 Å². The summed E-state index contributed by atoms with van der Waals surface area (Å²) >= 11 is 0. The first-order valence-electron chi connectivity index (χ1n) is 9.82. The number of pyridine rings is 1. The van der Waals surface area contributed by atoms with Gasteiger partial charge in [0.05, 0.1) is 24.6 Å². The number of halogens is 1. The third-order valence-electron chi connectivity index (χ3n) is 5.54. The standard InChI is InChI=1S/C21H26FN5O/c1-23-11-19-10-16(22)12-27(19)21(28)14-26-8-6-18(13-26)25-17-4-5-20-15(9-17)3-2-7-24-20/h2-5,7,9,11,16,18-19,25H,6,8,10,12-14H2,1H3/t16-,18+,19-/m0/s1. The summed E-state index contributed by atoms with van der Waals surface area (Å²) in [5.74, 6) is -0.0116. The smallest absolute Gasteiger partial charge is 0.237 e. The van der Waals surface area contributed by atoms with E-state index in [0.29, 0.717) is 19.0 Å². The van der Waals surface area contributed by atoms with Gasteiger partial charge in [-0.15, -0.1) is 0 Å². The molecule has 4 rings (SSSR count). The molecule has 0 bridgehead atoms. The van der Waals surface area contributed by atoms with E-state index in [2.05, 4.69) is 32.3 Å². The van der Waals surface area contributed by atoms with Crippen molar-refractivity contribution >= 4 is 28.7 Å². The van der Waals surface area contributed by atoms with Gasteiger partial charge < -0.3 is 10.2 Å². The number of carbonyl (C=O) groups excluding carboxylic acids is 1. The molecule has 2 aliphatic heterocycles. The zero-order valence-corrected chi connectivity index (χ0v) is 16.1. The Bertz CT molecular complexity index is 873. The van der Waals surface area contributed by atoms with E-state index >= 15 is 0 Å². The third kappa shape index (κ3) is 4.14. The molecule has 3 atom stereocenters. The molecule has 1 N–H and O–H groups in total. The number of rotatable bonds is 5. The molecule has 2 fully saturated rings. The van der Waals surface area contributed by atoms with Crippen molar-refractivity contribution in [3.63, 3.8) is 0 Å². The lowest BCUT2D eigenvalue weighted by Crippen LogP contribution is -2.43. The number of benzene rings is 1. The summed E-state index contributed by atoms with van der Waals surface area (Å²) in [6, 6.07) is 10.2. The lowest BCUT2D eigenvalue weighted by atomic mass is 10.2. The summed E-state index contributed by atoms with van der Waals surface area (Å²) in [4.78, 5) is 24.8. The number of fused-ring (bicyclic) bond motifs is 1. The molecule has 1 aromatic heterocycles. The lowest BCUT2D eigenvalue weighted by Gasteiger charge is -2.24. The molecule has 0 aliphatic carbocycles. The van der Waals surface area contributed by atoms with Gasteiger partial charge in [-0.3, -0.25) is 19.7 Å². The second kappa shape index (κ2) is 8.22. The maximum Gasteiger partial charge on any atom is 0.237 e. The summed E-state index contributed by atoms with van der Waals surface area (Å²) < 4.78 is 13.8. The van der Waals surface area contributed by atoms with Crippen LogP contribution in [-0.4, -0.2) is 78.4 Å². The molecule has 2 aromatic rings. The van der Waals surface area contributed by atoms with Crippen molar-refractivity contribution in [3.8, 4) is 0 Å². The van der Waals surface area contributed by atoms with Crippen molar-refractivity contribution in [3.05, 3.63) is 36.5 Å². The van der Waals surface area contributed by atoms with Crippen LogP contribution in [-0.2, 0) is 4.79 Å². The van der Waals surface area contributed by atoms with Crippen molar-refractivity contribution in [2.45, 2.75) is 31.1 Å². The predicted octanol–water partition coefficient (Wildman–Crippen LogP) is 2.36. The first kappa shape index (κ1) is 18.8. The molecule has 7 heteroatoms. The molecule has 0 spiro atoms. The van der Waals surface area contributed by atoms with Gasteiger partial charge in [-0.1, -0.05) is 6.07 Å². The van der Waals surface area contributed by atoms with Crippen molar-refractivity contribution in [1.82, 2.24) is 14.8 Å². The molecule has 6 nitrogen and oxygen atoms in total. The number of hydrogen-bond donors (Lipinski definition) is 1. The van der Waals surface area contributed by atoms with Crippen LogP contribution < -0.4 is 5.32 Å². The summed E-state index contributed by atoms with van der Waals surface area (Å²) in [5, 5.41) is 4.67. The summed E-state index contributed by atoms with van der Waals surface area (Å²) in [6.45, 7) is 2.17. The minimum atomic E-state index is -0.956. The Morgan fingerprint density at radius 1 is 1.39 bits per heavy atom. The monoisotopic (exact) mass is 383 g/mol. The van der Waals surface area contributed by atoms with E-state index in [0.717, 1.165) is 36.1 Å². The molecular formula is C21H26FN5O. The van der Waals surface area contributed by atoms with Crippen LogP contribution in [0.1, 0.15) is 12.8 Å². The molecule has 148 valence electrons. The van der Waals surface area contributed by atoms with E-state index in [-0.39, 0.29) is 18.5 Å². The van der Waals surface area contributed by atoms with Gasteiger partial charge >= 0.3 is 0 Å². The van der Waals surface area contributed by atoms with Gasteiger partial charge in [0.1, 0.15) is 6.17 Å². The highest BCUT2D eigenvalue weighted by molar-refractivity contribution is 5.83. The van der Waals surface area contributed by atoms with Crippen LogP contribution >= 0.6 is 0 Å². The second-order valence-corrected chi connectivity index (χ2v) is 7.63. The van der Waals surface area contributed by atoms with Crippen molar-refractivity contribution in [1.29, 1.82) is 0 Å². The summed E-state index contributed by atoms with van der Waals surface area (Å²) in [7, 11) is 1.66. The van der Waals surface area contributed by atoms with Crippen molar-refractivity contribution in [2.75, 3.05) is 38.5 Å². The molecule has 1 aromatic carbocycles. The predicted molar refractivity (Wildman–Crippen MR) is 110 cm³/mol. The van der Waals surface area contributed by atoms with E-state index in [1.165, 1.54) is 0 Å². The fourth-order valence-corrected chi connectivity index (χ4v) is 4.19. The van der Waals surface area contributed by atoms with E-state index in [9.17, 15) is 9.18 Å². The number of nitrogens with zero attached hydrogens (tertiary/aromatic N) is 4. The SMILES string of the molecule is CN=C[C@@H]1C[C@H](F)CN1C(=O)CN1CC[C@@H](Nc2ccc3ncccc3c2)C1. The molecular weight excluding hydrogens is 357 g/mol. The number of aliphatic imine (C=N–C) groups is 1. The number of nitrogens with one attached hydrogen (secondary N) is 1. The second-order valence-electron chi connectivity index (χ2n) is 7.63. The van der Waals surface area contributed by atoms with Gasteiger partial charge in [-0.2, -0.15) is 0 Å². The molecule has 2 saturated heterocycles. The zero-order valence-electron chi connectivity index (χ0n) is 16.1. The molecule has 0 radical (unpaired) electrons. The highest BCUT2D eigenvalue weighted by Crippen LogP contribution is 2.22. The number of likely N-dealkylation sites (tertiary alicyclic amines) is 2. The van der Waals surface area contributed by atoms with Gasteiger partial charge in [0.15, 0.2) is 0 Å². The van der Waals surface area contributed by atoms with Crippen LogP contribution in [0.2, 0.25) is 0 Å². The van der Waals surface area contributed by atoms with Gasteiger partial charge in [0, 0.05) is 56.1 Å². The molecule has 2 aliphatic rings. The highest BCUT2D eigenvalue weighted by atomic mass is 19.1. The first-order valence-corrected chi connectivity index (χ1v) is 9.82. The van der Waals surface area contributed by atoms with Gasteiger partial charge in [0.2, 0.25) is 5.91 Å². The molecule has 0 unspecified atom stereocenters. The number of alkyl halides is 1. The number of hydrogen-bond acceptors (Lipinski definition) is 5. The van der Waals surface area contributed by atoms with Crippen LogP contribution in [0.3, 0.4) is 0 Å². The summed E-state index contributed by atoms with van der Waals surface area (Å²) in [6.07, 6.45) is 3.85. The molecule has 0 saturated carbocycles. The quantitative estimate of drug-likeness (QED) is 0.806. The Balaban J connectivity index is 1.33. The maximum absolute atomic E-state index is 13.8. The average Bonchev–Trinajstić information content (AvgIpc) is 3.28. The van der Waals surface area contributed by atoms with Crippen LogP contribution in [0.4, 0.5) is 10.1 Å². The largest absolute Gasteiger partial charge is 0.381 e. The zero-order chi connectivity index (χ0) is 19.5. The van der Waals surface area contributed by atoms with Crippen LogP contribution in [0.5, 0.6) is 0 Å². The Labute approximate surface area is 164 Å². The highest BCUT2D eigenvalue weighted by Gasteiger charge is 2.35. The van der Waals surface area contributed by atoms with Crippen LogP contribution in [0, 0.1) is 0 Å². The van der Waals surface area contributed by atoms with Crippen molar-refractivity contribution < 1.29 is 9.18 Å². The topological polar surface area (TPSA) is 60.8 Å². The Kier molecular flexibility index (Phi) is 5.52. The third-order valence-corrected chi connectivity index (χ3v) is 5.54. The average molecular weight is 383 g/mol. The Hall–Kier alpha value is -2.54. The number of aromatic nitrogens is 1. The number of amides is 1. The van der Waals surface area contributed by atoms with E-state index in [1.807, 2.05) is 18.2 Å². The maximum atomic E-state index is 13.8. The van der Waals surface area contributed by atoms with Crippen molar-refractivity contribution in [2.24, 2.45) is 4.99 Å². The lowest BCUT2D eigenvalue weighted by molar-refractivity contribution is -0.132. The minimum absolute atomic E-state index is 0.0116. The minimum Gasteiger partial charge on any atom is -0.381 e. The van der Waals surface area contributed by atoms with E-state index in [1.54, 1.807) is 24.4 Å². The molecule has 28 heavy (non-hydrogen) atoms. The Morgan fingerprint density at radius 2 is 2.29 bits per heavy atom. The van der Waals surface area contributed by atoms with Crippen LogP contribution in [0.25, 0.3) is 10.9 Å². The van der Waals surface area contributed by atoms with Gasteiger partial charge in [-0.05, 0) is 30.7 Å². The van der Waals surface area contributed by atoms with Gasteiger partial charge in [-0.25, -0.2) is 4.39 Å². The first-order chi connectivity index (χ1) is 13.6. The molecule has 3 heterocycles. The number of carbonyl (C=O) groups is 1. The number of anilines is 1. The summed E-state index contributed by atoms with van der Waals surface area (Å²) in [5.41, 5.74) is 2.05. The van der Waals surface area contributed by atoms with E-state index in [4.69, 9.17) is 0 Å². The normalized spacial score (nSPS) is 25.8.